The largest absolute Gasteiger partial charge is 0.497 e. The zero-order chi connectivity index (χ0) is 20.9. The molecular weight excluding hydrogens is 382 g/mol. The summed E-state index contributed by atoms with van der Waals surface area (Å²) in [6.07, 6.45) is 3.87. The third-order valence-electron chi connectivity index (χ3n) is 4.54. The van der Waals surface area contributed by atoms with Crippen molar-refractivity contribution in [2.75, 3.05) is 19.5 Å². The molecule has 0 unspecified atom stereocenters. The second-order valence-corrected chi connectivity index (χ2v) is 6.54. The summed E-state index contributed by atoms with van der Waals surface area (Å²) in [4.78, 5) is 17.3. The van der Waals surface area contributed by atoms with Gasteiger partial charge in [0.15, 0.2) is 0 Å². The molecule has 4 rings (SSSR count). The van der Waals surface area contributed by atoms with Gasteiger partial charge in [0.25, 0.3) is 5.91 Å². The number of fused-ring (bicyclic) bond motifs is 1. The molecule has 0 atom stereocenters. The first kappa shape index (κ1) is 19.3. The average Bonchev–Trinajstić information content (AvgIpc) is 3.20. The summed E-state index contributed by atoms with van der Waals surface area (Å²) in [6, 6.07) is 18.1. The van der Waals surface area contributed by atoms with E-state index in [2.05, 4.69) is 10.3 Å². The van der Waals surface area contributed by atoms with Gasteiger partial charge in [0, 0.05) is 24.1 Å². The van der Waals surface area contributed by atoms with Crippen LogP contribution in [-0.4, -0.2) is 29.5 Å². The Labute approximate surface area is 173 Å². The smallest absolute Gasteiger partial charge is 0.259 e. The first-order valence-electron chi connectivity index (χ1n) is 9.35. The lowest BCUT2D eigenvalue weighted by Gasteiger charge is -2.12. The predicted molar refractivity (Wildman–Crippen MR) is 113 cm³/mol. The molecule has 0 fully saturated rings. The standard InChI is InChI=1S/C23H21N3O4/c1-28-18-9-10-21(29-2)20(13-18)23(27)25-16-6-5-7-19(12-16)30-15-17-14-26-11-4-3-8-22(26)24-17/h3-14H,15H2,1-2H3,(H,25,27). The number of amides is 1. The molecule has 0 aliphatic carbocycles. The van der Waals surface area contributed by atoms with E-state index in [1.165, 1.54) is 7.11 Å². The molecule has 0 saturated carbocycles. The van der Waals surface area contributed by atoms with E-state index < -0.39 is 0 Å². The predicted octanol–water partition coefficient (Wildman–Crippen LogP) is 4.18. The van der Waals surface area contributed by atoms with Gasteiger partial charge in [0.05, 0.1) is 25.5 Å². The number of nitrogens with zero attached hydrogens (tertiary/aromatic N) is 2. The van der Waals surface area contributed by atoms with E-state index in [0.29, 0.717) is 35.1 Å². The van der Waals surface area contributed by atoms with Gasteiger partial charge in [0.1, 0.15) is 29.5 Å². The van der Waals surface area contributed by atoms with Crippen molar-refractivity contribution in [1.82, 2.24) is 9.38 Å². The summed E-state index contributed by atoms with van der Waals surface area (Å²) in [5, 5.41) is 2.87. The number of ether oxygens (including phenoxy) is 3. The quantitative estimate of drug-likeness (QED) is 0.501. The summed E-state index contributed by atoms with van der Waals surface area (Å²) in [7, 11) is 3.07. The maximum absolute atomic E-state index is 12.8. The van der Waals surface area contributed by atoms with Crippen LogP contribution in [-0.2, 0) is 6.61 Å². The number of aromatic nitrogens is 2. The highest BCUT2D eigenvalue weighted by Gasteiger charge is 2.14. The van der Waals surface area contributed by atoms with Crippen LogP contribution in [0.3, 0.4) is 0 Å². The molecule has 1 N–H and O–H groups in total. The van der Waals surface area contributed by atoms with Crippen LogP contribution in [0.4, 0.5) is 5.69 Å². The van der Waals surface area contributed by atoms with E-state index in [-0.39, 0.29) is 5.91 Å². The topological polar surface area (TPSA) is 74.1 Å². The third-order valence-corrected chi connectivity index (χ3v) is 4.54. The zero-order valence-electron chi connectivity index (χ0n) is 16.7. The van der Waals surface area contributed by atoms with Gasteiger partial charge in [-0.3, -0.25) is 4.79 Å². The molecule has 4 aromatic rings. The van der Waals surface area contributed by atoms with Crippen LogP contribution < -0.4 is 19.5 Å². The van der Waals surface area contributed by atoms with Crippen LogP contribution in [0.5, 0.6) is 17.2 Å². The summed E-state index contributed by atoms with van der Waals surface area (Å²) < 4.78 is 18.3. The highest BCUT2D eigenvalue weighted by atomic mass is 16.5. The maximum Gasteiger partial charge on any atom is 0.259 e. The molecule has 7 nitrogen and oxygen atoms in total. The van der Waals surface area contributed by atoms with Crippen molar-refractivity contribution in [2.24, 2.45) is 0 Å². The van der Waals surface area contributed by atoms with Crippen molar-refractivity contribution in [2.45, 2.75) is 6.61 Å². The number of hydrogen-bond donors (Lipinski definition) is 1. The van der Waals surface area contributed by atoms with E-state index in [4.69, 9.17) is 14.2 Å². The minimum Gasteiger partial charge on any atom is -0.497 e. The fraction of sp³-hybridized carbons (Fsp3) is 0.130. The van der Waals surface area contributed by atoms with Crippen LogP contribution >= 0.6 is 0 Å². The van der Waals surface area contributed by atoms with Gasteiger partial charge in [-0.05, 0) is 42.5 Å². The monoisotopic (exact) mass is 403 g/mol. The third kappa shape index (κ3) is 4.20. The molecule has 152 valence electrons. The molecule has 2 aromatic carbocycles. The van der Waals surface area contributed by atoms with Crippen molar-refractivity contribution >= 4 is 17.2 Å². The van der Waals surface area contributed by atoms with Crippen LogP contribution in [0.25, 0.3) is 5.65 Å². The molecule has 0 spiro atoms. The van der Waals surface area contributed by atoms with Crippen molar-refractivity contribution in [1.29, 1.82) is 0 Å². The number of imidazole rings is 1. The van der Waals surface area contributed by atoms with Crippen LogP contribution in [0.1, 0.15) is 16.1 Å². The maximum atomic E-state index is 12.8. The van der Waals surface area contributed by atoms with Crippen LogP contribution in [0, 0.1) is 0 Å². The van der Waals surface area contributed by atoms with Gasteiger partial charge in [-0.15, -0.1) is 0 Å². The number of benzene rings is 2. The number of nitrogens with one attached hydrogen (secondary N) is 1. The Bertz CT molecular complexity index is 1150. The second kappa shape index (κ2) is 8.57. The fourth-order valence-corrected chi connectivity index (χ4v) is 3.07. The summed E-state index contributed by atoms with van der Waals surface area (Å²) >= 11 is 0. The number of carbonyl (C=O) groups is 1. The number of carbonyl (C=O) groups excluding carboxylic acids is 1. The van der Waals surface area contributed by atoms with E-state index in [1.807, 2.05) is 47.1 Å². The van der Waals surface area contributed by atoms with Crippen molar-refractivity contribution in [3.8, 4) is 17.2 Å². The zero-order valence-corrected chi connectivity index (χ0v) is 16.7. The lowest BCUT2D eigenvalue weighted by molar-refractivity contribution is 0.102. The number of methoxy groups -OCH3 is 2. The SMILES string of the molecule is COc1ccc(OC)c(C(=O)Nc2cccc(OCc3cn4ccccc4n3)c2)c1. The van der Waals surface area contributed by atoms with E-state index >= 15 is 0 Å². The molecular formula is C23H21N3O4. The lowest BCUT2D eigenvalue weighted by Crippen LogP contribution is -2.13. The minimum absolute atomic E-state index is 0.303. The Morgan fingerprint density at radius 3 is 2.70 bits per heavy atom. The molecule has 2 heterocycles. The lowest BCUT2D eigenvalue weighted by atomic mass is 10.1. The highest BCUT2D eigenvalue weighted by molar-refractivity contribution is 6.06. The fourth-order valence-electron chi connectivity index (χ4n) is 3.07. The van der Waals surface area contributed by atoms with Gasteiger partial charge in [0.2, 0.25) is 0 Å². The molecule has 0 bridgehead atoms. The van der Waals surface area contributed by atoms with Crippen LogP contribution in [0.15, 0.2) is 73.1 Å². The van der Waals surface area contributed by atoms with Gasteiger partial charge in [-0.2, -0.15) is 0 Å². The van der Waals surface area contributed by atoms with Crippen molar-refractivity contribution in [3.63, 3.8) is 0 Å². The molecule has 2 aromatic heterocycles. The van der Waals surface area contributed by atoms with Crippen LogP contribution in [0.2, 0.25) is 0 Å². The number of rotatable bonds is 7. The van der Waals surface area contributed by atoms with Gasteiger partial charge in [-0.1, -0.05) is 12.1 Å². The summed E-state index contributed by atoms with van der Waals surface area (Å²) in [5.41, 5.74) is 2.67. The Kier molecular flexibility index (Phi) is 5.52. The number of anilines is 1. The summed E-state index contributed by atoms with van der Waals surface area (Å²) in [5.74, 6) is 1.36. The molecule has 0 aliphatic rings. The van der Waals surface area contributed by atoms with Crippen molar-refractivity contribution in [3.05, 3.63) is 84.3 Å². The molecule has 7 heteroatoms. The molecule has 0 saturated heterocycles. The first-order chi connectivity index (χ1) is 14.7. The van der Waals surface area contributed by atoms with Crippen molar-refractivity contribution < 1.29 is 19.0 Å². The van der Waals surface area contributed by atoms with E-state index in [9.17, 15) is 4.79 Å². The Morgan fingerprint density at radius 1 is 1.00 bits per heavy atom. The Hall–Kier alpha value is -4.00. The minimum atomic E-state index is -0.303. The highest BCUT2D eigenvalue weighted by Crippen LogP contribution is 2.26. The Morgan fingerprint density at radius 2 is 1.90 bits per heavy atom. The van der Waals surface area contributed by atoms with E-state index in [0.717, 1.165) is 11.3 Å². The van der Waals surface area contributed by atoms with Gasteiger partial charge in [-0.25, -0.2) is 4.98 Å². The Balaban J connectivity index is 1.46. The first-order valence-corrected chi connectivity index (χ1v) is 9.35. The van der Waals surface area contributed by atoms with Gasteiger partial charge < -0.3 is 23.9 Å². The number of pyridine rings is 1. The molecule has 30 heavy (non-hydrogen) atoms. The average molecular weight is 403 g/mol. The molecule has 1 amide bonds. The summed E-state index contributed by atoms with van der Waals surface area (Å²) in [6.45, 7) is 0.322. The second-order valence-electron chi connectivity index (χ2n) is 6.54. The van der Waals surface area contributed by atoms with E-state index in [1.54, 1.807) is 37.4 Å². The molecule has 0 aliphatic heterocycles. The normalized spacial score (nSPS) is 10.6. The van der Waals surface area contributed by atoms with Gasteiger partial charge >= 0.3 is 0 Å². The molecule has 0 radical (unpaired) electrons. The number of hydrogen-bond acceptors (Lipinski definition) is 5.